The van der Waals surface area contributed by atoms with Crippen molar-refractivity contribution < 1.29 is 19.1 Å². The van der Waals surface area contributed by atoms with Crippen molar-refractivity contribution in [3.8, 4) is 5.75 Å². The highest BCUT2D eigenvalue weighted by atomic mass is 16.5. The number of carbonyl (C=O) groups is 2. The van der Waals surface area contributed by atoms with E-state index in [9.17, 15) is 9.59 Å². The summed E-state index contributed by atoms with van der Waals surface area (Å²) in [6, 6.07) is 15.9. The maximum absolute atomic E-state index is 13.9. The Hall–Kier alpha value is -3.80. The van der Waals surface area contributed by atoms with Gasteiger partial charge in [-0.15, -0.1) is 0 Å². The maximum Gasteiger partial charge on any atom is 0.336 e. The molecule has 0 bridgehead atoms. The van der Waals surface area contributed by atoms with E-state index in [0.29, 0.717) is 30.6 Å². The lowest BCUT2D eigenvalue weighted by Gasteiger charge is -2.37. The minimum atomic E-state index is -0.486. The van der Waals surface area contributed by atoms with E-state index in [-0.39, 0.29) is 17.7 Å². The zero-order valence-corrected chi connectivity index (χ0v) is 21.7. The fraction of sp³-hybridized carbons (Fsp3) is 0.355. The summed E-state index contributed by atoms with van der Waals surface area (Å²) < 4.78 is 11.3. The van der Waals surface area contributed by atoms with Gasteiger partial charge in [0.05, 0.1) is 19.3 Å². The molecule has 2 N–H and O–H groups in total. The topological polar surface area (TPSA) is 80.4 Å². The molecule has 1 unspecified atom stereocenters. The van der Waals surface area contributed by atoms with Crippen molar-refractivity contribution in [2.24, 2.45) is 0 Å². The lowest BCUT2D eigenvalue weighted by molar-refractivity contribution is -0.139. The van der Waals surface area contributed by atoms with Crippen LogP contribution in [0.5, 0.6) is 5.75 Å². The van der Waals surface area contributed by atoms with Gasteiger partial charge in [-0.05, 0) is 49.1 Å². The largest absolute Gasteiger partial charge is 0.496 e. The molecular formula is C31H34N2O4. The van der Waals surface area contributed by atoms with Gasteiger partial charge < -0.3 is 19.8 Å². The summed E-state index contributed by atoms with van der Waals surface area (Å²) >= 11 is 0. The Morgan fingerprint density at radius 2 is 1.84 bits per heavy atom. The van der Waals surface area contributed by atoms with E-state index in [1.165, 1.54) is 0 Å². The Morgan fingerprint density at radius 3 is 2.65 bits per heavy atom. The molecule has 0 radical (unpaired) electrons. The monoisotopic (exact) mass is 498 g/mol. The molecular weight excluding hydrogens is 464 g/mol. The van der Waals surface area contributed by atoms with Gasteiger partial charge in [0.1, 0.15) is 5.75 Å². The predicted molar refractivity (Wildman–Crippen MR) is 144 cm³/mol. The van der Waals surface area contributed by atoms with Crippen molar-refractivity contribution >= 4 is 22.7 Å². The van der Waals surface area contributed by atoms with Crippen LogP contribution < -0.4 is 10.1 Å². The quantitative estimate of drug-likeness (QED) is 0.283. The molecule has 37 heavy (non-hydrogen) atoms. The molecule has 2 atom stereocenters. The third-order valence-corrected chi connectivity index (χ3v) is 7.55. The molecule has 0 fully saturated rings. The standard InChI is InChI=1S/C31H34N2O4/c1-4-5-8-16-37-31(35)28-19(2)33-25-17-20(21-10-6-7-13-27(21)36-3)18-26(34)30(25)29(28)23-11-9-12-24-22(23)14-15-32-24/h6-7,9-15,20,29,32-33H,4-5,8,16-18H2,1-3H3/t20-,29?/m1/s1. The van der Waals surface area contributed by atoms with E-state index in [1.807, 2.05) is 61.7 Å². The van der Waals surface area contributed by atoms with E-state index >= 15 is 0 Å². The van der Waals surface area contributed by atoms with Gasteiger partial charge in [0, 0.05) is 52.3 Å². The van der Waals surface area contributed by atoms with E-state index in [4.69, 9.17) is 9.47 Å². The Balaban J connectivity index is 1.58. The zero-order valence-electron chi connectivity index (χ0n) is 21.7. The molecule has 2 heterocycles. The fourth-order valence-corrected chi connectivity index (χ4v) is 5.80. The van der Waals surface area contributed by atoms with Crippen molar-refractivity contribution in [3.05, 3.63) is 88.4 Å². The Kier molecular flexibility index (Phi) is 7.17. The highest BCUT2D eigenvalue weighted by Crippen LogP contribution is 2.48. The van der Waals surface area contributed by atoms with Crippen molar-refractivity contribution in [2.45, 2.75) is 57.8 Å². The summed E-state index contributed by atoms with van der Waals surface area (Å²) in [5.41, 5.74) is 5.76. The molecule has 3 aromatic rings. The maximum atomic E-state index is 13.9. The number of fused-ring (bicyclic) bond motifs is 1. The second kappa shape index (κ2) is 10.7. The van der Waals surface area contributed by atoms with Crippen molar-refractivity contribution in [2.75, 3.05) is 13.7 Å². The number of nitrogens with one attached hydrogen (secondary N) is 2. The molecule has 5 rings (SSSR count). The Labute approximate surface area is 217 Å². The summed E-state index contributed by atoms with van der Waals surface area (Å²) in [4.78, 5) is 30.7. The number of hydrogen-bond acceptors (Lipinski definition) is 5. The predicted octanol–water partition coefficient (Wildman–Crippen LogP) is 6.27. The minimum Gasteiger partial charge on any atom is -0.496 e. The van der Waals surface area contributed by atoms with Crippen LogP contribution in [0.3, 0.4) is 0 Å². The number of benzene rings is 2. The molecule has 6 heteroatoms. The number of para-hydroxylation sites is 1. The SMILES string of the molecule is CCCCCOC(=O)C1=C(C)NC2=C(C(=O)C[C@H](c3ccccc3OC)C2)C1c1cccc2[nH]ccc12. The van der Waals surface area contributed by atoms with Crippen LogP contribution in [-0.2, 0) is 14.3 Å². The number of dihydropyridines is 1. The number of carbonyl (C=O) groups excluding carboxylic acids is 2. The zero-order chi connectivity index (χ0) is 25.9. The second-order valence-electron chi connectivity index (χ2n) is 9.89. The number of esters is 1. The molecule has 0 saturated carbocycles. The Bertz CT molecular complexity index is 1400. The second-order valence-corrected chi connectivity index (χ2v) is 9.89. The van der Waals surface area contributed by atoms with E-state index in [2.05, 4.69) is 17.2 Å². The van der Waals surface area contributed by atoms with Crippen LogP contribution in [0.4, 0.5) is 0 Å². The van der Waals surface area contributed by atoms with Crippen LogP contribution in [-0.4, -0.2) is 30.5 Å². The van der Waals surface area contributed by atoms with Crippen LogP contribution in [0.1, 0.15) is 68.9 Å². The third kappa shape index (κ3) is 4.68. The van der Waals surface area contributed by atoms with E-state index in [0.717, 1.165) is 58.4 Å². The van der Waals surface area contributed by atoms with Crippen LogP contribution in [0, 0.1) is 0 Å². The fourth-order valence-electron chi connectivity index (χ4n) is 5.80. The summed E-state index contributed by atoms with van der Waals surface area (Å²) in [6.45, 7) is 4.40. The number of Topliss-reactive ketones (excluding diaryl/α,β-unsaturated/α-hetero) is 1. The van der Waals surface area contributed by atoms with Gasteiger partial charge in [-0.3, -0.25) is 4.79 Å². The van der Waals surface area contributed by atoms with Gasteiger partial charge in [0.15, 0.2) is 5.78 Å². The number of unbranched alkanes of at least 4 members (excludes halogenated alkanes) is 2. The molecule has 6 nitrogen and oxygen atoms in total. The van der Waals surface area contributed by atoms with Crippen LogP contribution in [0.15, 0.2) is 77.3 Å². The van der Waals surface area contributed by atoms with Gasteiger partial charge in [-0.1, -0.05) is 50.1 Å². The summed E-state index contributed by atoms with van der Waals surface area (Å²) in [5.74, 6) is -0.0114. The van der Waals surface area contributed by atoms with Gasteiger partial charge in [-0.2, -0.15) is 0 Å². The molecule has 1 aliphatic heterocycles. The number of methoxy groups -OCH3 is 1. The first kappa shape index (κ1) is 24.9. The highest BCUT2D eigenvalue weighted by Gasteiger charge is 2.42. The van der Waals surface area contributed by atoms with Crippen molar-refractivity contribution in [3.63, 3.8) is 0 Å². The van der Waals surface area contributed by atoms with Gasteiger partial charge in [0.25, 0.3) is 0 Å². The van der Waals surface area contributed by atoms with Crippen LogP contribution in [0.25, 0.3) is 10.9 Å². The van der Waals surface area contributed by atoms with Gasteiger partial charge >= 0.3 is 5.97 Å². The number of hydrogen-bond donors (Lipinski definition) is 2. The minimum absolute atomic E-state index is 0.00561. The summed E-state index contributed by atoms with van der Waals surface area (Å²) in [7, 11) is 1.66. The summed E-state index contributed by atoms with van der Waals surface area (Å²) in [6.07, 6.45) is 5.80. The normalized spacial score (nSPS) is 19.6. The number of rotatable bonds is 8. The molecule has 0 spiro atoms. The first-order valence-corrected chi connectivity index (χ1v) is 13.1. The van der Waals surface area contributed by atoms with Crippen LogP contribution >= 0.6 is 0 Å². The molecule has 0 amide bonds. The van der Waals surface area contributed by atoms with E-state index < -0.39 is 5.92 Å². The average Bonchev–Trinajstić information content (AvgIpc) is 3.39. The smallest absolute Gasteiger partial charge is 0.336 e. The van der Waals surface area contributed by atoms with Crippen LogP contribution in [0.2, 0.25) is 0 Å². The molecule has 2 aromatic carbocycles. The summed E-state index contributed by atoms with van der Waals surface area (Å²) in [5, 5.41) is 4.45. The van der Waals surface area contributed by atoms with Gasteiger partial charge in [0.2, 0.25) is 0 Å². The number of aromatic amines is 1. The lowest BCUT2D eigenvalue weighted by Crippen LogP contribution is -2.36. The van der Waals surface area contributed by atoms with Gasteiger partial charge in [-0.25, -0.2) is 4.79 Å². The first-order chi connectivity index (χ1) is 18.0. The van der Waals surface area contributed by atoms with Crippen molar-refractivity contribution in [1.29, 1.82) is 0 Å². The first-order valence-electron chi connectivity index (χ1n) is 13.1. The van der Waals surface area contributed by atoms with E-state index in [1.54, 1.807) is 7.11 Å². The number of H-pyrrole nitrogens is 1. The molecule has 0 saturated heterocycles. The number of allylic oxidation sites excluding steroid dienone is 3. The van der Waals surface area contributed by atoms with Crippen molar-refractivity contribution in [1.82, 2.24) is 10.3 Å². The third-order valence-electron chi connectivity index (χ3n) is 7.55. The molecule has 1 aliphatic carbocycles. The number of ketones is 1. The molecule has 192 valence electrons. The number of aromatic nitrogens is 1. The lowest BCUT2D eigenvalue weighted by atomic mass is 9.71. The molecule has 1 aromatic heterocycles. The highest BCUT2D eigenvalue weighted by molar-refractivity contribution is 6.05. The average molecular weight is 499 g/mol. The number of ether oxygens (including phenoxy) is 2. The molecule has 2 aliphatic rings. The Morgan fingerprint density at radius 1 is 1.03 bits per heavy atom.